The molecule has 0 radical (unpaired) electrons. The van der Waals surface area contributed by atoms with Crippen molar-refractivity contribution >= 4 is 0 Å². The molecule has 0 saturated carbocycles. The minimum atomic E-state index is -0.282. The van der Waals surface area contributed by atoms with E-state index in [9.17, 15) is 0 Å². The van der Waals surface area contributed by atoms with Gasteiger partial charge in [0.15, 0.2) is 5.82 Å². The lowest BCUT2D eigenvalue weighted by atomic mass is 10.0. The van der Waals surface area contributed by atoms with Gasteiger partial charge in [-0.3, -0.25) is 0 Å². The molecule has 1 aromatic rings. The van der Waals surface area contributed by atoms with Crippen LogP contribution in [-0.2, 0) is 16.9 Å². The van der Waals surface area contributed by atoms with Crippen molar-refractivity contribution in [1.82, 2.24) is 15.3 Å². The molecule has 1 atom stereocenters. The van der Waals surface area contributed by atoms with E-state index in [2.05, 4.69) is 43.0 Å². The highest BCUT2D eigenvalue weighted by Gasteiger charge is 2.34. The maximum atomic E-state index is 5.74. The van der Waals surface area contributed by atoms with Gasteiger partial charge in [-0.1, -0.05) is 0 Å². The fourth-order valence-corrected chi connectivity index (χ4v) is 2.04. The number of aromatic nitrogens is 2. The molecule has 0 bridgehead atoms. The first kappa shape index (κ1) is 13.4. The van der Waals surface area contributed by atoms with E-state index in [4.69, 9.17) is 4.74 Å². The van der Waals surface area contributed by atoms with E-state index in [0.717, 1.165) is 37.4 Å². The van der Waals surface area contributed by atoms with Crippen LogP contribution in [0.4, 0.5) is 0 Å². The van der Waals surface area contributed by atoms with Crippen LogP contribution in [0.1, 0.15) is 51.9 Å². The van der Waals surface area contributed by atoms with E-state index in [-0.39, 0.29) is 11.1 Å². The Kier molecular flexibility index (Phi) is 3.69. The molecule has 0 amide bonds. The lowest BCUT2D eigenvalue weighted by Gasteiger charge is -2.22. The summed E-state index contributed by atoms with van der Waals surface area (Å²) in [5, 5.41) is 3.43. The normalized spacial score (nSPS) is 24.4. The standard InChI is InChI=1S/C14H23N3O/c1-13(2,3)17-10-11-8-15-12(16-9-11)14(4)6-5-7-18-14/h8-9,17H,5-7,10H2,1-4H3. The van der Waals surface area contributed by atoms with Crippen LogP contribution < -0.4 is 5.32 Å². The molecular weight excluding hydrogens is 226 g/mol. The quantitative estimate of drug-likeness (QED) is 0.893. The van der Waals surface area contributed by atoms with Crippen LogP contribution in [0, 0.1) is 0 Å². The molecule has 1 aliphatic heterocycles. The van der Waals surface area contributed by atoms with Crippen molar-refractivity contribution in [1.29, 1.82) is 0 Å². The summed E-state index contributed by atoms with van der Waals surface area (Å²) in [6.07, 6.45) is 5.89. The number of rotatable bonds is 3. The minimum absolute atomic E-state index is 0.110. The Labute approximate surface area is 109 Å². The predicted molar refractivity (Wildman–Crippen MR) is 71.2 cm³/mol. The summed E-state index contributed by atoms with van der Waals surface area (Å²) in [5.74, 6) is 0.805. The van der Waals surface area contributed by atoms with Crippen molar-refractivity contribution < 1.29 is 4.74 Å². The van der Waals surface area contributed by atoms with E-state index in [1.54, 1.807) is 0 Å². The van der Waals surface area contributed by atoms with Gasteiger partial charge in [0.05, 0.1) is 0 Å². The molecule has 1 fully saturated rings. The van der Waals surface area contributed by atoms with Gasteiger partial charge in [0.1, 0.15) is 5.60 Å². The molecule has 1 unspecified atom stereocenters. The Morgan fingerprint density at radius 2 is 2.00 bits per heavy atom. The molecule has 0 aliphatic carbocycles. The average Bonchev–Trinajstić information content (AvgIpc) is 2.75. The van der Waals surface area contributed by atoms with Crippen molar-refractivity contribution in [3.63, 3.8) is 0 Å². The molecule has 18 heavy (non-hydrogen) atoms. The molecule has 4 nitrogen and oxygen atoms in total. The molecule has 0 spiro atoms. The van der Waals surface area contributed by atoms with Crippen LogP contribution in [-0.4, -0.2) is 22.1 Å². The largest absolute Gasteiger partial charge is 0.367 e. The zero-order chi connectivity index (χ0) is 13.2. The minimum Gasteiger partial charge on any atom is -0.367 e. The van der Waals surface area contributed by atoms with Crippen molar-refractivity contribution in [2.24, 2.45) is 0 Å². The van der Waals surface area contributed by atoms with E-state index in [1.165, 1.54) is 0 Å². The number of hydrogen-bond donors (Lipinski definition) is 1. The van der Waals surface area contributed by atoms with E-state index in [0.29, 0.717) is 0 Å². The molecule has 100 valence electrons. The van der Waals surface area contributed by atoms with Crippen LogP contribution in [0.2, 0.25) is 0 Å². The number of ether oxygens (including phenoxy) is 1. The lowest BCUT2D eigenvalue weighted by molar-refractivity contribution is 0.00927. The molecule has 0 aromatic carbocycles. The van der Waals surface area contributed by atoms with Gasteiger partial charge in [-0.15, -0.1) is 0 Å². The van der Waals surface area contributed by atoms with E-state index < -0.39 is 0 Å². The van der Waals surface area contributed by atoms with Gasteiger partial charge >= 0.3 is 0 Å². The van der Waals surface area contributed by atoms with Crippen LogP contribution in [0.15, 0.2) is 12.4 Å². The number of hydrogen-bond acceptors (Lipinski definition) is 4. The maximum absolute atomic E-state index is 5.74. The molecular formula is C14H23N3O. The Morgan fingerprint density at radius 1 is 1.33 bits per heavy atom. The summed E-state index contributed by atoms with van der Waals surface area (Å²) in [4.78, 5) is 8.91. The lowest BCUT2D eigenvalue weighted by Crippen LogP contribution is -2.35. The molecule has 1 saturated heterocycles. The Bertz CT molecular complexity index is 388. The second-order valence-electron chi connectivity index (χ2n) is 6.20. The molecule has 1 aromatic heterocycles. The van der Waals surface area contributed by atoms with Crippen molar-refractivity contribution in [2.45, 2.75) is 58.2 Å². The van der Waals surface area contributed by atoms with E-state index in [1.807, 2.05) is 12.4 Å². The summed E-state index contributed by atoms with van der Waals surface area (Å²) in [5.41, 5.74) is 0.935. The van der Waals surface area contributed by atoms with Gasteiger partial charge < -0.3 is 10.1 Å². The molecule has 2 heterocycles. The van der Waals surface area contributed by atoms with Crippen LogP contribution in [0.3, 0.4) is 0 Å². The molecule has 2 rings (SSSR count). The first-order chi connectivity index (χ1) is 8.39. The summed E-state index contributed by atoms with van der Waals surface area (Å²) in [7, 11) is 0. The highest BCUT2D eigenvalue weighted by Crippen LogP contribution is 2.32. The predicted octanol–water partition coefficient (Wildman–Crippen LogP) is 2.39. The van der Waals surface area contributed by atoms with Gasteiger partial charge in [-0.2, -0.15) is 0 Å². The van der Waals surface area contributed by atoms with Gasteiger partial charge in [-0.25, -0.2) is 9.97 Å². The van der Waals surface area contributed by atoms with Gasteiger partial charge in [0.2, 0.25) is 0 Å². The summed E-state index contributed by atoms with van der Waals surface area (Å²) >= 11 is 0. The Morgan fingerprint density at radius 3 is 2.50 bits per heavy atom. The molecule has 1 aliphatic rings. The summed E-state index contributed by atoms with van der Waals surface area (Å²) in [6, 6.07) is 0. The first-order valence-electron chi connectivity index (χ1n) is 6.59. The molecule has 4 heteroatoms. The SMILES string of the molecule is CC(C)(C)NCc1cnc(C2(C)CCCO2)nc1. The van der Waals surface area contributed by atoms with Crippen molar-refractivity contribution in [3.8, 4) is 0 Å². The van der Waals surface area contributed by atoms with Gasteiger partial charge in [0, 0.05) is 36.6 Å². The Hall–Kier alpha value is -1.00. The topological polar surface area (TPSA) is 47.0 Å². The second kappa shape index (κ2) is 4.94. The number of nitrogens with one attached hydrogen (secondary N) is 1. The van der Waals surface area contributed by atoms with Crippen LogP contribution in [0.5, 0.6) is 0 Å². The third kappa shape index (κ3) is 3.27. The highest BCUT2D eigenvalue weighted by atomic mass is 16.5. The Balaban J connectivity index is 2.01. The summed E-state index contributed by atoms with van der Waals surface area (Å²) < 4.78 is 5.74. The van der Waals surface area contributed by atoms with Crippen LogP contribution in [0.25, 0.3) is 0 Å². The van der Waals surface area contributed by atoms with Crippen LogP contribution >= 0.6 is 0 Å². The average molecular weight is 249 g/mol. The van der Waals surface area contributed by atoms with Crippen molar-refractivity contribution in [3.05, 3.63) is 23.8 Å². The molecule has 1 N–H and O–H groups in total. The third-order valence-corrected chi connectivity index (χ3v) is 3.22. The first-order valence-corrected chi connectivity index (χ1v) is 6.59. The summed E-state index contributed by atoms with van der Waals surface area (Å²) in [6.45, 7) is 10.1. The zero-order valence-corrected chi connectivity index (χ0v) is 11.8. The maximum Gasteiger partial charge on any atom is 0.159 e. The zero-order valence-electron chi connectivity index (χ0n) is 11.8. The van der Waals surface area contributed by atoms with Gasteiger partial charge in [0.25, 0.3) is 0 Å². The monoisotopic (exact) mass is 249 g/mol. The van der Waals surface area contributed by atoms with E-state index >= 15 is 0 Å². The van der Waals surface area contributed by atoms with Crippen molar-refractivity contribution in [2.75, 3.05) is 6.61 Å². The fourth-order valence-electron chi connectivity index (χ4n) is 2.04. The smallest absolute Gasteiger partial charge is 0.159 e. The third-order valence-electron chi connectivity index (χ3n) is 3.22. The fraction of sp³-hybridized carbons (Fsp3) is 0.714. The number of nitrogens with zero attached hydrogens (tertiary/aromatic N) is 2. The second-order valence-corrected chi connectivity index (χ2v) is 6.20. The van der Waals surface area contributed by atoms with Gasteiger partial charge in [-0.05, 0) is 40.5 Å². The highest BCUT2D eigenvalue weighted by molar-refractivity contribution is 5.10.